The summed E-state index contributed by atoms with van der Waals surface area (Å²) in [6, 6.07) is -0.876. The molecular formula is C38H77N2O6P. The third kappa shape index (κ3) is 33.5. The van der Waals surface area contributed by atoms with Crippen LogP contribution in [0.2, 0.25) is 0 Å². The van der Waals surface area contributed by atoms with E-state index in [2.05, 4.69) is 19.2 Å². The zero-order valence-electron chi connectivity index (χ0n) is 31.5. The van der Waals surface area contributed by atoms with Gasteiger partial charge in [-0.15, -0.1) is 0 Å². The molecule has 47 heavy (non-hydrogen) atoms. The fraction of sp³-hybridized carbons (Fsp3) is 0.921. The molecule has 0 aliphatic carbocycles. The second kappa shape index (κ2) is 31.2. The Morgan fingerprint density at radius 2 is 1.15 bits per heavy atom. The zero-order valence-corrected chi connectivity index (χ0v) is 32.4. The number of aliphatic hydroxyl groups is 1. The van der Waals surface area contributed by atoms with Gasteiger partial charge in [-0.05, 0) is 19.3 Å². The van der Waals surface area contributed by atoms with Crippen molar-refractivity contribution in [2.75, 3.05) is 40.9 Å². The zero-order chi connectivity index (χ0) is 35.1. The van der Waals surface area contributed by atoms with E-state index in [1.165, 1.54) is 116 Å². The SMILES string of the molecule is CCCCCCC/C=C/C(O)C(COP(=O)([O-])OCC[N+](C)(C)C)NC(=O)CCCCCCCCCCCCCCCCCCCC. The Balaban J connectivity index is 4.28. The van der Waals surface area contributed by atoms with E-state index in [0.29, 0.717) is 17.4 Å². The molecule has 0 fully saturated rings. The van der Waals surface area contributed by atoms with Crippen LogP contribution in [0.25, 0.3) is 0 Å². The molecule has 0 aromatic rings. The van der Waals surface area contributed by atoms with E-state index in [0.717, 1.165) is 38.5 Å². The molecule has 0 aromatic carbocycles. The summed E-state index contributed by atoms with van der Waals surface area (Å²) in [5.41, 5.74) is 0. The molecule has 2 N–H and O–H groups in total. The van der Waals surface area contributed by atoms with E-state index >= 15 is 0 Å². The summed E-state index contributed by atoms with van der Waals surface area (Å²) in [6.45, 7) is 4.58. The van der Waals surface area contributed by atoms with Gasteiger partial charge in [-0.2, -0.15) is 0 Å². The predicted octanol–water partition coefficient (Wildman–Crippen LogP) is 9.39. The highest BCUT2D eigenvalue weighted by atomic mass is 31.2. The lowest BCUT2D eigenvalue weighted by molar-refractivity contribution is -0.870. The molecule has 3 atom stereocenters. The summed E-state index contributed by atoms with van der Waals surface area (Å²) in [5.74, 6) is -0.200. The molecule has 0 heterocycles. The van der Waals surface area contributed by atoms with Crippen LogP contribution in [-0.2, 0) is 18.4 Å². The van der Waals surface area contributed by atoms with Crippen LogP contribution in [0.5, 0.6) is 0 Å². The smallest absolute Gasteiger partial charge is 0.268 e. The van der Waals surface area contributed by atoms with E-state index in [1.807, 2.05) is 27.2 Å². The predicted molar refractivity (Wildman–Crippen MR) is 196 cm³/mol. The molecule has 280 valence electrons. The maximum absolute atomic E-state index is 12.7. The largest absolute Gasteiger partial charge is 0.756 e. The van der Waals surface area contributed by atoms with Gasteiger partial charge in [0.05, 0.1) is 39.9 Å². The summed E-state index contributed by atoms with van der Waals surface area (Å²) in [6.07, 6.45) is 32.7. The molecule has 0 radical (unpaired) electrons. The van der Waals surface area contributed by atoms with Gasteiger partial charge in [-0.25, -0.2) is 0 Å². The van der Waals surface area contributed by atoms with Crippen molar-refractivity contribution in [3.63, 3.8) is 0 Å². The molecule has 0 saturated heterocycles. The van der Waals surface area contributed by atoms with Crippen molar-refractivity contribution in [2.24, 2.45) is 0 Å². The minimum atomic E-state index is -4.57. The number of allylic oxidation sites excluding steroid dienone is 1. The number of nitrogens with one attached hydrogen (secondary N) is 1. The van der Waals surface area contributed by atoms with Crippen LogP contribution in [0.4, 0.5) is 0 Å². The summed E-state index contributed by atoms with van der Waals surface area (Å²) >= 11 is 0. The molecule has 8 nitrogen and oxygen atoms in total. The first-order valence-corrected chi connectivity index (χ1v) is 21.0. The van der Waals surface area contributed by atoms with Gasteiger partial charge < -0.3 is 28.8 Å². The number of amides is 1. The second-order valence-electron chi connectivity index (χ2n) is 14.6. The van der Waals surface area contributed by atoms with Gasteiger partial charge in [-0.3, -0.25) is 9.36 Å². The molecule has 0 bridgehead atoms. The summed E-state index contributed by atoms with van der Waals surface area (Å²) in [5, 5.41) is 13.6. The first-order valence-electron chi connectivity index (χ1n) is 19.6. The van der Waals surface area contributed by atoms with Crippen LogP contribution in [0, 0.1) is 0 Å². The standard InChI is InChI=1S/C38H77N2O6P/c1-6-8-10-12-14-15-16-17-18-19-20-21-22-23-24-26-28-30-32-38(42)39-36(37(41)31-29-27-25-13-11-9-7-2)35-46-47(43,44)45-34-33-40(3,4)5/h29,31,36-37,41H,6-28,30,32-35H2,1-5H3,(H-,39,42,43,44)/b31-29+. The molecule has 0 aliphatic heterocycles. The van der Waals surface area contributed by atoms with Crippen molar-refractivity contribution in [3.8, 4) is 0 Å². The number of carbonyl (C=O) groups excluding carboxylic acids is 1. The number of likely N-dealkylation sites (N-methyl/N-ethyl adjacent to an activating group) is 1. The monoisotopic (exact) mass is 689 g/mol. The lowest BCUT2D eigenvalue weighted by Gasteiger charge is -2.29. The highest BCUT2D eigenvalue weighted by Crippen LogP contribution is 2.38. The quantitative estimate of drug-likeness (QED) is 0.0297. The molecule has 1 amide bonds. The van der Waals surface area contributed by atoms with Crippen molar-refractivity contribution < 1.29 is 32.9 Å². The van der Waals surface area contributed by atoms with E-state index < -0.39 is 20.0 Å². The highest BCUT2D eigenvalue weighted by Gasteiger charge is 2.23. The van der Waals surface area contributed by atoms with Gasteiger partial charge in [0.1, 0.15) is 13.2 Å². The van der Waals surface area contributed by atoms with Crippen LogP contribution in [0.15, 0.2) is 12.2 Å². The number of phosphoric ester groups is 1. The van der Waals surface area contributed by atoms with Crippen molar-refractivity contribution in [1.29, 1.82) is 0 Å². The highest BCUT2D eigenvalue weighted by molar-refractivity contribution is 7.45. The van der Waals surface area contributed by atoms with Crippen LogP contribution < -0.4 is 10.2 Å². The number of rotatable bonds is 35. The van der Waals surface area contributed by atoms with Gasteiger partial charge in [0.25, 0.3) is 7.82 Å². The Bertz CT molecular complexity index is 789. The fourth-order valence-corrected chi connectivity index (χ4v) is 6.29. The molecule has 0 aromatic heterocycles. The number of phosphoric acid groups is 1. The van der Waals surface area contributed by atoms with Crippen molar-refractivity contribution in [1.82, 2.24) is 5.32 Å². The fourth-order valence-electron chi connectivity index (χ4n) is 5.56. The lowest BCUT2D eigenvalue weighted by atomic mass is 10.0. The topological polar surface area (TPSA) is 108 Å². The average molecular weight is 689 g/mol. The van der Waals surface area contributed by atoms with E-state index in [1.54, 1.807) is 6.08 Å². The number of unbranched alkanes of at least 4 members (excludes halogenated alkanes) is 22. The molecule has 0 aliphatic rings. The number of carbonyl (C=O) groups is 1. The first-order chi connectivity index (χ1) is 22.5. The van der Waals surface area contributed by atoms with E-state index in [9.17, 15) is 19.4 Å². The van der Waals surface area contributed by atoms with Gasteiger partial charge in [-0.1, -0.05) is 161 Å². The van der Waals surface area contributed by atoms with E-state index in [4.69, 9.17) is 9.05 Å². The molecule has 0 spiro atoms. The van der Waals surface area contributed by atoms with Gasteiger partial charge in [0.15, 0.2) is 0 Å². The minimum Gasteiger partial charge on any atom is -0.756 e. The molecule has 0 rings (SSSR count). The normalized spacial score (nSPS) is 14.8. The molecular weight excluding hydrogens is 611 g/mol. The van der Waals surface area contributed by atoms with Gasteiger partial charge >= 0.3 is 0 Å². The Labute approximate surface area is 291 Å². The Morgan fingerprint density at radius 1 is 0.723 bits per heavy atom. The summed E-state index contributed by atoms with van der Waals surface area (Å²) in [4.78, 5) is 25.1. The number of aliphatic hydroxyl groups excluding tert-OH is 1. The third-order valence-corrected chi connectivity index (χ3v) is 9.71. The third-order valence-electron chi connectivity index (χ3n) is 8.75. The maximum Gasteiger partial charge on any atom is 0.268 e. The van der Waals surface area contributed by atoms with Gasteiger partial charge in [0.2, 0.25) is 5.91 Å². The van der Waals surface area contributed by atoms with Gasteiger partial charge in [0, 0.05) is 6.42 Å². The number of quaternary nitrogens is 1. The Hall–Kier alpha value is -0.760. The van der Waals surface area contributed by atoms with Crippen LogP contribution in [-0.4, -0.2) is 68.5 Å². The summed E-state index contributed by atoms with van der Waals surface area (Å²) in [7, 11) is 1.26. The van der Waals surface area contributed by atoms with Crippen LogP contribution in [0.3, 0.4) is 0 Å². The van der Waals surface area contributed by atoms with Crippen LogP contribution in [0.1, 0.15) is 174 Å². The Kier molecular flexibility index (Phi) is 30.7. The molecule has 0 saturated carbocycles. The molecule has 9 heteroatoms. The number of nitrogens with zero attached hydrogens (tertiary/aromatic N) is 1. The lowest BCUT2D eigenvalue weighted by Crippen LogP contribution is -2.45. The second-order valence-corrected chi connectivity index (χ2v) is 16.1. The van der Waals surface area contributed by atoms with Crippen LogP contribution >= 0.6 is 7.82 Å². The minimum absolute atomic E-state index is 0.00114. The number of hydrogen-bond acceptors (Lipinski definition) is 6. The van der Waals surface area contributed by atoms with E-state index in [-0.39, 0.29) is 19.1 Å². The first kappa shape index (κ1) is 46.2. The van der Waals surface area contributed by atoms with Crippen molar-refractivity contribution in [2.45, 2.75) is 187 Å². The Morgan fingerprint density at radius 3 is 1.60 bits per heavy atom. The van der Waals surface area contributed by atoms with Crippen molar-refractivity contribution >= 4 is 13.7 Å². The summed E-state index contributed by atoms with van der Waals surface area (Å²) < 4.78 is 23.0. The van der Waals surface area contributed by atoms with Crippen molar-refractivity contribution in [3.05, 3.63) is 12.2 Å². The molecule has 3 unspecified atom stereocenters. The average Bonchev–Trinajstić information content (AvgIpc) is 3.01. The maximum atomic E-state index is 12.7. The number of hydrogen-bond donors (Lipinski definition) is 2.